The molecule has 0 bridgehead atoms. The number of nitrogens with zero attached hydrogens (tertiary/aromatic N) is 1. The van der Waals surface area contributed by atoms with E-state index in [1.54, 1.807) is 42.5 Å². The van der Waals surface area contributed by atoms with Crippen LogP contribution in [0.1, 0.15) is 30.7 Å². The summed E-state index contributed by atoms with van der Waals surface area (Å²) in [4.78, 5) is 51.8. The maximum atomic E-state index is 12.6. The molecule has 0 aliphatic rings. The Morgan fingerprint density at radius 2 is 1.79 bits per heavy atom. The van der Waals surface area contributed by atoms with E-state index in [4.69, 9.17) is 9.15 Å². The van der Waals surface area contributed by atoms with Crippen LogP contribution >= 0.6 is 11.3 Å². The number of esters is 1. The number of thiophene rings is 1. The number of carbonyl (C=O) groups excluding carboxylic acids is 4. The Morgan fingerprint density at radius 3 is 2.48 bits per heavy atom. The molecule has 0 aliphatic heterocycles. The number of carbonyl (C=O) groups is 4. The molecule has 3 aromatic rings. The molecule has 0 atom stereocenters. The van der Waals surface area contributed by atoms with Crippen LogP contribution in [0.15, 0.2) is 59.2 Å². The summed E-state index contributed by atoms with van der Waals surface area (Å²) in [6.07, 6.45) is 1.51. The number of anilines is 1. The molecule has 0 saturated carbocycles. The van der Waals surface area contributed by atoms with Gasteiger partial charge in [0, 0.05) is 11.9 Å². The Balaban J connectivity index is 1.51. The molecule has 1 aromatic carbocycles. The summed E-state index contributed by atoms with van der Waals surface area (Å²) < 4.78 is 10.2. The number of furan rings is 1. The Bertz CT molecular complexity index is 1140. The van der Waals surface area contributed by atoms with Crippen LogP contribution in [0.3, 0.4) is 0 Å². The van der Waals surface area contributed by atoms with E-state index in [1.807, 2.05) is 13.0 Å². The Hall–Kier alpha value is -3.92. The predicted molar refractivity (Wildman–Crippen MR) is 122 cm³/mol. The maximum absolute atomic E-state index is 12.6. The molecule has 0 unspecified atom stereocenters. The maximum Gasteiger partial charge on any atom is 0.325 e. The van der Waals surface area contributed by atoms with Crippen molar-refractivity contribution in [2.45, 2.75) is 13.5 Å². The third-order valence-corrected chi connectivity index (χ3v) is 5.60. The Kier molecular flexibility index (Phi) is 7.98. The van der Waals surface area contributed by atoms with Gasteiger partial charge in [0.1, 0.15) is 12.3 Å². The number of amides is 3. The molecule has 3 amide bonds. The van der Waals surface area contributed by atoms with Gasteiger partial charge in [-0.2, -0.15) is 0 Å². The smallest absolute Gasteiger partial charge is 0.325 e. The van der Waals surface area contributed by atoms with E-state index in [0.29, 0.717) is 16.3 Å². The number of ether oxygens (including phenoxy) is 1. The molecular formula is C23H23N3O6S. The standard InChI is InChI=1S/C23H23N3O6S/c1-15-9-10-19(33-15)23(30)25-13-21(28)32-14-20(27)26(2)18-8-4-3-7-17(18)22(29)24-12-16-6-5-11-31-16/h3-11H,12-14H2,1-2H3,(H,24,29)(H,25,30). The minimum absolute atomic E-state index is 0.201. The van der Waals surface area contributed by atoms with Crippen molar-refractivity contribution in [3.63, 3.8) is 0 Å². The van der Waals surface area contributed by atoms with Gasteiger partial charge in [-0.3, -0.25) is 19.2 Å². The second-order valence-electron chi connectivity index (χ2n) is 6.99. The highest BCUT2D eigenvalue weighted by Crippen LogP contribution is 2.20. The van der Waals surface area contributed by atoms with Crippen molar-refractivity contribution in [3.05, 3.63) is 75.9 Å². The SMILES string of the molecule is Cc1ccc(C(=O)NCC(=O)OCC(=O)N(C)c2ccccc2C(=O)NCc2ccco2)s1. The largest absolute Gasteiger partial charge is 0.467 e. The quantitative estimate of drug-likeness (QED) is 0.465. The van der Waals surface area contributed by atoms with Crippen LogP contribution in [0, 0.1) is 6.92 Å². The van der Waals surface area contributed by atoms with Gasteiger partial charge in [-0.15, -0.1) is 11.3 Å². The van der Waals surface area contributed by atoms with E-state index in [9.17, 15) is 19.2 Å². The van der Waals surface area contributed by atoms with E-state index in [2.05, 4.69) is 10.6 Å². The van der Waals surface area contributed by atoms with E-state index >= 15 is 0 Å². The molecular weight excluding hydrogens is 446 g/mol. The average Bonchev–Trinajstić information content (AvgIpc) is 3.50. The average molecular weight is 470 g/mol. The van der Waals surface area contributed by atoms with Gasteiger partial charge in [0.05, 0.1) is 28.9 Å². The van der Waals surface area contributed by atoms with Crippen LogP contribution in [-0.4, -0.2) is 43.9 Å². The Labute approximate surface area is 194 Å². The fourth-order valence-corrected chi connectivity index (χ4v) is 3.64. The van der Waals surface area contributed by atoms with E-state index in [0.717, 1.165) is 4.88 Å². The summed E-state index contributed by atoms with van der Waals surface area (Å²) in [5.74, 6) is -1.45. The minimum Gasteiger partial charge on any atom is -0.467 e. The van der Waals surface area contributed by atoms with Crippen molar-refractivity contribution in [1.82, 2.24) is 10.6 Å². The molecule has 3 rings (SSSR count). The molecule has 2 heterocycles. The van der Waals surface area contributed by atoms with Gasteiger partial charge in [-0.25, -0.2) is 0 Å². The molecule has 2 aromatic heterocycles. The zero-order chi connectivity index (χ0) is 23.8. The van der Waals surface area contributed by atoms with Gasteiger partial charge in [0.25, 0.3) is 17.7 Å². The first-order valence-electron chi connectivity index (χ1n) is 10.0. The van der Waals surface area contributed by atoms with Gasteiger partial charge < -0.3 is 24.7 Å². The van der Waals surface area contributed by atoms with E-state index < -0.39 is 18.5 Å². The van der Waals surface area contributed by atoms with Gasteiger partial charge in [0.2, 0.25) is 0 Å². The van der Waals surface area contributed by atoms with Gasteiger partial charge >= 0.3 is 5.97 Å². The zero-order valence-electron chi connectivity index (χ0n) is 18.1. The number of hydrogen-bond donors (Lipinski definition) is 2. The fourth-order valence-electron chi connectivity index (χ4n) is 2.85. The summed E-state index contributed by atoms with van der Waals surface area (Å²) in [6, 6.07) is 13.5. The van der Waals surface area contributed by atoms with Crippen molar-refractivity contribution in [2.24, 2.45) is 0 Å². The lowest BCUT2D eigenvalue weighted by atomic mass is 10.1. The first kappa shape index (κ1) is 23.7. The summed E-state index contributed by atoms with van der Waals surface area (Å²) in [5.41, 5.74) is 0.640. The van der Waals surface area contributed by atoms with Crippen LogP contribution in [0.25, 0.3) is 0 Å². The molecule has 9 nitrogen and oxygen atoms in total. The predicted octanol–water partition coefficient (Wildman–Crippen LogP) is 2.52. The highest BCUT2D eigenvalue weighted by atomic mass is 32.1. The summed E-state index contributed by atoms with van der Waals surface area (Å²) in [6.45, 7) is 1.18. The molecule has 0 fully saturated rings. The molecule has 0 radical (unpaired) electrons. The van der Waals surface area contributed by atoms with Gasteiger partial charge in [0.15, 0.2) is 6.61 Å². The van der Waals surface area contributed by atoms with E-state index in [-0.39, 0.29) is 30.5 Å². The van der Waals surface area contributed by atoms with Crippen molar-refractivity contribution in [1.29, 1.82) is 0 Å². The number of aryl methyl sites for hydroxylation is 1. The summed E-state index contributed by atoms with van der Waals surface area (Å²) >= 11 is 1.31. The van der Waals surface area contributed by atoms with Crippen molar-refractivity contribution < 1.29 is 28.3 Å². The third kappa shape index (κ3) is 6.53. The number of likely N-dealkylation sites (N-methyl/N-ethyl adjacent to an activating group) is 1. The van der Waals surface area contributed by atoms with Crippen molar-refractivity contribution >= 4 is 40.7 Å². The lowest BCUT2D eigenvalue weighted by Crippen LogP contribution is -2.35. The van der Waals surface area contributed by atoms with Crippen LogP contribution < -0.4 is 15.5 Å². The zero-order valence-corrected chi connectivity index (χ0v) is 18.9. The number of para-hydroxylation sites is 1. The summed E-state index contributed by atoms with van der Waals surface area (Å²) in [7, 11) is 1.48. The van der Waals surface area contributed by atoms with Gasteiger partial charge in [-0.1, -0.05) is 12.1 Å². The van der Waals surface area contributed by atoms with Crippen molar-refractivity contribution in [3.8, 4) is 0 Å². The molecule has 33 heavy (non-hydrogen) atoms. The topological polar surface area (TPSA) is 118 Å². The highest BCUT2D eigenvalue weighted by Gasteiger charge is 2.20. The molecule has 0 spiro atoms. The summed E-state index contributed by atoms with van der Waals surface area (Å²) in [5, 5.41) is 5.19. The number of hydrogen-bond acceptors (Lipinski definition) is 7. The van der Waals surface area contributed by atoms with Crippen LogP contribution in [0.2, 0.25) is 0 Å². The second-order valence-corrected chi connectivity index (χ2v) is 8.27. The number of nitrogens with one attached hydrogen (secondary N) is 2. The first-order chi connectivity index (χ1) is 15.8. The monoisotopic (exact) mass is 469 g/mol. The van der Waals surface area contributed by atoms with Crippen molar-refractivity contribution in [2.75, 3.05) is 25.1 Å². The normalized spacial score (nSPS) is 10.4. The molecule has 0 saturated heterocycles. The van der Waals surface area contributed by atoms with Gasteiger partial charge in [-0.05, 0) is 43.3 Å². The molecule has 2 N–H and O–H groups in total. The lowest BCUT2D eigenvalue weighted by Gasteiger charge is -2.20. The molecule has 0 aliphatic carbocycles. The van der Waals surface area contributed by atoms with E-state index in [1.165, 1.54) is 29.5 Å². The fraction of sp³-hybridized carbons (Fsp3) is 0.217. The lowest BCUT2D eigenvalue weighted by molar-refractivity contribution is -0.146. The van der Waals surface area contributed by atoms with Crippen LogP contribution in [0.5, 0.6) is 0 Å². The second kappa shape index (κ2) is 11.1. The molecule has 172 valence electrons. The third-order valence-electron chi connectivity index (χ3n) is 4.60. The Morgan fingerprint density at radius 1 is 1.00 bits per heavy atom. The number of rotatable bonds is 9. The van der Waals surface area contributed by atoms with Crippen LogP contribution in [-0.2, 0) is 20.9 Å². The minimum atomic E-state index is -0.747. The highest BCUT2D eigenvalue weighted by molar-refractivity contribution is 7.13. The van der Waals surface area contributed by atoms with Crippen LogP contribution in [0.4, 0.5) is 5.69 Å². The first-order valence-corrected chi connectivity index (χ1v) is 10.8. The number of benzene rings is 1. The molecule has 10 heteroatoms.